The van der Waals surface area contributed by atoms with Gasteiger partial charge < -0.3 is 4.57 Å². The molecule has 29 heavy (non-hydrogen) atoms. The van der Waals surface area contributed by atoms with Crippen molar-refractivity contribution in [3.63, 3.8) is 0 Å². The van der Waals surface area contributed by atoms with Crippen LogP contribution >= 0.6 is 11.8 Å². The van der Waals surface area contributed by atoms with Crippen molar-refractivity contribution in [3.8, 4) is 0 Å². The van der Waals surface area contributed by atoms with Crippen LogP contribution in [-0.4, -0.2) is 26.4 Å². The largest absolute Gasteiger partial charge is 0.312 e. The number of amides is 1. The lowest BCUT2D eigenvalue weighted by Gasteiger charge is -2.10. The summed E-state index contributed by atoms with van der Waals surface area (Å²) in [5.74, 6) is 0.991. The third-order valence-electron chi connectivity index (χ3n) is 4.25. The number of aromatic nitrogens is 3. The van der Waals surface area contributed by atoms with E-state index in [9.17, 15) is 4.79 Å². The van der Waals surface area contributed by atoms with Crippen LogP contribution in [0.3, 0.4) is 0 Å². The summed E-state index contributed by atoms with van der Waals surface area (Å²) in [4.78, 5) is 12.5. The zero-order valence-corrected chi connectivity index (χ0v) is 17.7. The summed E-state index contributed by atoms with van der Waals surface area (Å²) >= 11 is 1.61. The maximum absolute atomic E-state index is 12.5. The number of hydrogen-bond donors (Lipinski definition) is 1. The van der Waals surface area contributed by atoms with E-state index in [4.69, 9.17) is 0 Å². The second-order valence-corrected chi connectivity index (χ2v) is 8.12. The number of hydrogen-bond acceptors (Lipinski definition) is 5. The highest BCUT2D eigenvalue weighted by molar-refractivity contribution is 7.98. The van der Waals surface area contributed by atoms with E-state index in [0.29, 0.717) is 11.5 Å². The molecular weight excluding hydrogens is 382 g/mol. The molecule has 7 heteroatoms. The molecule has 0 bridgehead atoms. The lowest BCUT2D eigenvalue weighted by Crippen LogP contribution is -2.20. The summed E-state index contributed by atoms with van der Waals surface area (Å²) in [5.41, 5.74) is 6.31. The number of hydrazone groups is 1. The van der Waals surface area contributed by atoms with Crippen LogP contribution in [-0.2, 0) is 12.8 Å². The molecule has 1 heterocycles. The lowest BCUT2D eigenvalue weighted by molar-refractivity contribution is 0.0954. The summed E-state index contributed by atoms with van der Waals surface area (Å²) in [5, 5.41) is 13.2. The predicted molar refractivity (Wildman–Crippen MR) is 117 cm³/mol. The normalized spacial score (nSPS) is 11.7. The number of nitrogens with one attached hydrogen (secondary N) is 1. The Bertz CT molecular complexity index is 964. The fourth-order valence-electron chi connectivity index (χ4n) is 2.73. The van der Waals surface area contributed by atoms with Crippen molar-refractivity contribution in [2.24, 2.45) is 18.1 Å². The van der Waals surface area contributed by atoms with Gasteiger partial charge in [-0.1, -0.05) is 68.1 Å². The van der Waals surface area contributed by atoms with E-state index >= 15 is 0 Å². The molecule has 0 saturated carbocycles. The van der Waals surface area contributed by atoms with Crippen LogP contribution in [0.4, 0.5) is 0 Å². The maximum Gasteiger partial charge on any atom is 0.271 e. The first kappa shape index (κ1) is 20.8. The van der Waals surface area contributed by atoms with Crippen molar-refractivity contribution >= 4 is 23.4 Å². The first-order valence-electron chi connectivity index (χ1n) is 9.51. The highest BCUT2D eigenvalue weighted by Gasteiger charge is 2.09. The number of rotatable bonds is 8. The second kappa shape index (κ2) is 10.0. The van der Waals surface area contributed by atoms with Crippen molar-refractivity contribution in [1.29, 1.82) is 0 Å². The van der Waals surface area contributed by atoms with Crippen molar-refractivity contribution in [3.05, 3.63) is 77.6 Å². The van der Waals surface area contributed by atoms with Crippen LogP contribution in [0.2, 0.25) is 0 Å². The number of carbonyl (C=O) groups excluding carboxylic acids is 1. The maximum atomic E-state index is 12.5. The molecule has 3 rings (SSSR count). The lowest BCUT2D eigenvalue weighted by atomic mass is 10.0. The summed E-state index contributed by atoms with van der Waals surface area (Å²) in [6, 6.07) is 17.5. The summed E-state index contributed by atoms with van der Waals surface area (Å²) < 4.78 is 1.88. The molecule has 1 N–H and O–H groups in total. The van der Waals surface area contributed by atoms with Crippen molar-refractivity contribution in [2.45, 2.75) is 31.2 Å². The molecule has 0 atom stereocenters. The second-order valence-electron chi connectivity index (χ2n) is 7.17. The number of benzene rings is 2. The number of nitrogens with zero attached hydrogens (tertiary/aromatic N) is 4. The van der Waals surface area contributed by atoms with Gasteiger partial charge in [-0.2, -0.15) is 5.10 Å². The van der Waals surface area contributed by atoms with Crippen molar-refractivity contribution < 1.29 is 4.79 Å². The van der Waals surface area contributed by atoms with E-state index < -0.39 is 0 Å². The molecule has 150 valence electrons. The molecule has 0 aliphatic heterocycles. The van der Waals surface area contributed by atoms with Crippen LogP contribution in [0.1, 0.15) is 41.8 Å². The van der Waals surface area contributed by atoms with Gasteiger partial charge in [0.15, 0.2) is 5.16 Å². The van der Waals surface area contributed by atoms with Gasteiger partial charge in [0.1, 0.15) is 6.33 Å². The smallest absolute Gasteiger partial charge is 0.271 e. The quantitative estimate of drug-likeness (QED) is 0.343. The molecule has 0 aliphatic carbocycles. The summed E-state index contributed by atoms with van der Waals surface area (Å²) in [7, 11) is 1.92. The van der Waals surface area contributed by atoms with Gasteiger partial charge in [0, 0.05) is 18.4 Å². The molecule has 2 aromatic carbocycles. The van der Waals surface area contributed by atoms with Gasteiger partial charge in [-0.3, -0.25) is 4.79 Å². The molecular formula is C22H25N5OS. The SMILES string of the molecule is CC(C)C/C(=N/NC(=O)c1ccc(CSc2nncn2C)cc1)c1ccccc1. The molecule has 0 radical (unpaired) electrons. The zero-order chi connectivity index (χ0) is 20.6. The first-order valence-corrected chi connectivity index (χ1v) is 10.5. The van der Waals surface area contributed by atoms with Crippen LogP contribution in [0.25, 0.3) is 0 Å². The Balaban J connectivity index is 1.63. The first-order chi connectivity index (χ1) is 14.0. The zero-order valence-electron chi connectivity index (χ0n) is 16.9. The minimum absolute atomic E-state index is 0.213. The Morgan fingerprint density at radius 2 is 1.83 bits per heavy atom. The Hall–Kier alpha value is -2.93. The molecule has 0 spiro atoms. The van der Waals surface area contributed by atoms with Gasteiger partial charge >= 0.3 is 0 Å². The number of aryl methyl sites for hydroxylation is 1. The van der Waals surface area contributed by atoms with Crippen molar-refractivity contribution in [2.75, 3.05) is 0 Å². The summed E-state index contributed by atoms with van der Waals surface area (Å²) in [6.07, 6.45) is 2.47. The van der Waals surface area contributed by atoms with E-state index in [1.165, 1.54) is 0 Å². The fraction of sp³-hybridized carbons (Fsp3) is 0.273. The molecule has 0 unspecified atom stereocenters. The Labute approximate surface area is 175 Å². The molecule has 0 saturated heterocycles. The van der Waals surface area contributed by atoms with Gasteiger partial charge in [-0.15, -0.1) is 10.2 Å². The molecule has 0 aliphatic rings. The van der Waals surface area contributed by atoms with Crippen LogP contribution < -0.4 is 5.43 Å². The molecule has 1 aromatic heterocycles. The van der Waals surface area contributed by atoms with Crippen LogP contribution in [0.15, 0.2) is 71.2 Å². The average molecular weight is 408 g/mol. The van der Waals surface area contributed by atoms with Gasteiger partial charge in [-0.05, 0) is 35.6 Å². The van der Waals surface area contributed by atoms with E-state index in [2.05, 4.69) is 34.6 Å². The Kier molecular flexibility index (Phi) is 7.19. The molecule has 6 nitrogen and oxygen atoms in total. The van der Waals surface area contributed by atoms with Crippen molar-refractivity contribution in [1.82, 2.24) is 20.2 Å². The third-order valence-corrected chi connectivity index (χ3v) is 5.36. The van der Waals surface area contributed by atoms with Crippen LogP contribution in [0, 0.1) is 5.92 Å². The molecule has 1 amide bonds. The van der Waals surface area contributed by atoms with E-state index in [1.54, 1.807) is 18.1 Å². The topological polar surface area (TPSA) is 72.2 Å². The number of carbonyl (C=O) groups is 1. The third kappa shape index (κ3) is 6.02. The standard InChI is InChI=1S/C22H25N5OS/c1-16(2)13-20(18-7-5-4-6-8-18)24-25-21(28)19-11-9-17(10-12-19)14-29-22-26-23-15-27(22)3/h4-12,15-16H,13-14H2,1-3H3,(H,25,28)/b24-20-. The Morgan fingerprint density at radius 3 is 2.45 bits per heavy atom. The monoisotopic (exact) mass is 407 g/mol. The average Bonchev–Trinajstić information content (AvgIpc) is 3.15. The predicted octanol–water partition coefficient (Wildman–Crippen LogP) is 4.29. The van der Waals surface area contributed by atoms with E-state index in [0.717, 1.165) is 34.2 Å². The summed E-state index contributed by atoms with van der Waals surface area (Å²) in [6.45, 7) is 4.27. The minimum atomic E-state index is -0.213. The Morgan fingerprint density at radius 1 is 1.10 bits per heavy atom. The van der Waals surface area contributed by atoms with E-state index in [1.807, 2.05) is 66.2 Å². The van der Waals surface area contributed by atoms with Crippen LogP contribution in [0.5, 0.6) is 0 Å². The minimum Gasteiger partial charge on any atom is -0.312 e. The van der Waals surface area contributed by atoms with E-state index in [-0.39, 0.29) is 5.91 Å². The van der Waals surface area contributed by atoms with Gasteiger partial charge in [0.2, 0.25) is 0 Å². The molecule has 3 aromatic rings. The van der Waals surface area contributed by atoms with Gasteiger partial charge in [0.25, 0.3) is 5.91 Å². The molecule has 0 fully saturated rings. The highest BCUT2D eigenvalue weighted by atomic mass is 32.2. The fourth-order valence-corrected chi connectivity index (χ4v) is 3.58. The number of thioether (sulfide) groups is 1. The van der Waals surface area contributed by atoms with Gasteiger partial charge in [0.05, 0.1) is 5.71 Å². The highest BCUT2D eigenvalue weighted by Crippen LogP contribution is 2.20. The van der Waals surface area contributed by atoms with Gasteiger partial charge in [-0.25, -0.2) is 5.43 Å².